The van der Waals surface area contributed by atoms with Crippen LogP contribution in [0.4, 0.5) is 8.78 Å². The van der Waals surface area contributed by atoms with Crippen molar-refractivity contribution in [3.8, 4) is 0 Å². The Morgan fingerprint density at radius 2 is 1.94 bits per heavy atom. The van der Waals surface area contributed by atoms with Crippen LogP contribution in [0.15, 0.2) is 53.6 Å². The summed E-state index contributed by atoms with van der Waals surface area (Å²) in [4.78, 5) is 13.5. The van der Waals surface area contributed by atoms with E-state index in [1.807, 2.05) is 32.0 Å². The Morgan fingerprint density at radius 3 is 2.55 bits per heavy atom. The molecule has 2 N–H and O–H groups in total. The van der Waals surface area contributed by atoms with Crippen molar-refractivity contribution in [2.24, 2.45) is 16.8 Å². The van der Waals surface area contributed by atoms with E-state index in [1.165, 1.54) is 12.1 Å². The standard InChI is InChI=1S/C23H27F2N3O3/c1-15(2)20(30-3)22(29)28-23(12-7-13-26,16-8-5-4-6-9-16)31-21(27-28)18-14-17(24)10-11-19(18)25/h4-6,8-11,14-15,20H,7,12-13,26H2,1-3H3/t20-,23?/m0/s1. The lowest BCUT2D eigenvalue weighted by Crippen LogP contribution is -2.50. The van der Waals surface area contributed by atoms with Crippen molar-refractivity contribution in [1.82, 2.24) is 5.01 Å². The summed E-state index contributed by atoms with van der Waals surface area (Å²) in [6, 6.07) is 12.1. The van der Waals surface area contributed by atoms with Crippen molar-refractivity contribution in [1.29, 1.82) is 0 Å². The Labute approximate surface area is 180 Å². The summed E-state index contributed by atoms with van der Waals surface area (Å²) < 4.78 is 40.0. The van der Waals surface area contributed by atoms with Gasteiger partial charge in [-0.05, 0) is 37.1 Å². The fourth-order valence-electron chi connectivity index (χ4n) is 3.69. The number of rotatable bonds is 8. The van der Waals surface area contributed by atoms with Gasteiger partial charge in [0.1, 0.15) is 17.7 Å². The molecular weight excluding hydrogens is 404 g/mol. The Kier molecular flexibility index (Phi) is 7.02. The van der Waals surface area contributed by atoms with Crippen LogP contribution in [0.5, 0.6) is 0 Å². The van der Waals surface area contributed by atoms with Crippen molar-refractivity contribution in [3.63, 3.8) is 0 Å². The largest absolute Gasteiger partial charge is 0.443 e. The Morgan fingerprint density at radius 1 is 1.23 bits per heavy atom. The highest BCUT2D eigenvalue weighted by Crippen LogP contribution is 2.41. The number of carbonyl (C=O) groups is 1. The molecule has 31 heavy (non-hydrogen) atoms. The molecule has 1 aliphatic heterocycles. The number of ether oxygens (including phenoxy) is 2. The molecule has 1 unspecified atom stereocenters. The van der Waals surface area contributed by atoms with Crippen LogP contribution >= 0.6 is 0 Å². The first-order valence-corrected chi connectivity index (χ1v) is 10.2. The zero-order chi connectivity index (χ0) is 22.6. The number of nitrogens with zero attached hydrogens (tertiary/aromatic N) is 2. The van der Waals surface area contributed by atoms with E-state index < -0.39 is 29.4 Å². The fraction of sp³-hybridized carbons (Fsp3) is 0.391. The number of benzene rings is 2. The van der Waals surface area contributed by atoms with Crippen LogP contribution < -0.4 is 5.73 Å². The zero-order valence-corrected chi connectivity index (χ0v) is 17.8. The maximum atomic E-state index is 14.5. The minimum Gasteiger partial charge on any atom is -0.443 e. The number of amides is 1. The van der Waals surface area contributed by atoms with Crippen molar-refractivity contribution < 1.29 is 23.0 Å². The highest BCUT2D eigenvalue weighted by molar-refractivity contribution is 5.97. The van der Waals surface area contributed by atoms with Gasteiger partial charge in [0.2, 0.25) is 11.6 Å². The Bertz CT molecular complexity index is 952. The molecule has 2 aromatic carbocycles. The average molecular weight is 431 g/mol. The van der Waals surface area contributed by atoms with Crippen molar-refractivity contribution in [2.75, 3.05) is 13.7 Å². The summed E-state index contributed by atoms with van der Waals surface area (Å²) in [6.07, 6.45) is 0.00877. The number of hydrazone groups is 1. The molecule has 1 aliphatic rings. The highest BCUT2D eigenvalue weighted by atomic mass is 19.1. The normalized spacial score (nSPS) is 19.3. The molecule has 8 heteroatoms. The van der Waals surface area contributed by atoms with Crippen LogP contribution in [0.1, 0.15) is 37.8 Å². The van der Waals surface area contributed by atoms with E-state index in [1.54, 1.807) is 12.1 Å². The topological polar surface area (TPSA) is 77.1 Å². The molecule has 0 saturated carbocycles. The molecule has 2 atom stereocenters. The van der Waals surface area contributed by atoms with Crippen molar-refractivity contribution >= 4 is 11.8 Å². The number of hydrogen-bond acceptors (Lipinski definition) is 5. The molecular formula is C23H27F2N3O3. The lowest BCUT2D eigenvalue weighted by atomic mass is 9.95. The number of methoxy groups -OCH3 is 1. The Hall–Kier alpha value is -2.84. The third-order valence-corrected chi connectivity index (χ3v) is 5.21. The summed E-state index contributed by atoms with van der Waals surface area (Å²) in [5.74, 6) is -2.11. The van der Waals surface area contributed by atoms with Crippen LogP contribution in [0.2, 0.25) is 0 Å². The molecule has 0 fully saturated rings. The first kappa shape index (κ1) is 22.8. The van der Waals surface area contributed by atoms with Gasteiger partial charge in [-0.15, -0.1) is 5.10 Å². The van der Waals surface area contributed by atoms with E-state index in [4.69, 9.17) is 15.2 Å². The first-order chi connectivity index (χ1) is 14.8. The minimum atomic E-state index is -1.36. The fourth-order valence-corrected chi connectivity index (χ4v) is 3.69. The molecule has 0 aromatic heterocycles. The zero-order valence-electron chi connectivity index (χ0n) is 17.8. The van der Waals surface area contributed by atoms with E-state index in [-0.39, 0.29) is 17.4 Å². The van der Waals surface area contributed by atoms with Gasteiger partial charge < -0.3 is 15.2 Å². The number of hydrogen-bond donors (Lipinski definition) is 1. The number of carbonyl (C=O) groups excluding carboxylic acids is 1. The van der Waals surface area contributed by atoms with Gasteiger partial charge in [0.05, 0.1) is 5.56 Å². The second-order valence-electron chi connectivity index (χ2n) is 7.72. The van der Waals surface area contributed by atoms with Gasteiger partial charge in [0, 0.05) is 19.1 Å². The van der Waals surface area contributed by atoms with E-state index in [9.17, 15) is 13.6 Å². The molecule has 2 aromatic rings. The van der Waals surface area contributed by atoms with Gasteiger partial charge in [-0.3, -0.25) is 4.79 Å². The van der Waals surface area contributed by atoms with Gasteiger partial charge >= 0.3 is 0 Å². The van der Waals surface area contributed by atoms with Crippen LogP contribution in [0.25, 0.3) is 0 Å². The second-order valence-corrected chi connectivity index (χ2v) is 7.72. The Balaban J connectivity index is 2.17. The summed E-state index contributed by atoms with van der Waals surface area (Å²) >= 11 is 0. The van der Waals surface area contributed by atoms with E-state index in [2.05, 4.69) is 5.10 Å². The number of nitrogens with two attached hydrogens (primary N) is 1. The van der Waals surface area contributed by atoms with Gasteiger partial charge in [-0.1, -0.05) is 44.2 Å². The smallest absolute Gasteiger partial charge is 0.275 e. The van der Waals surface area contributed by atoms with Crippen molar-refractivity contribution in [2.45, 2.75) is 38.5 Å². The van der Waals surface area contributed by atoms with E-state index in [0.717, 1.165) is 18.2 Å². The van der Waals surface area contributed by atoms with E-state index in [0.29, 0.717) is 24.9 Å². The van der Waals surface area contributed by atoms with Gasteiger partial charge in [-0.25, -0.2) is 8.78 Å². The molecule has 3 rings (SSSR count). The molecule has 0 bridgehead atoms. The van der Waals surface area contributed by atoms with Crippen LogP contribution in [-0.4, -0.2) is 36.6 Å². The van der Waals surface area contributed by atoms with Crippen LogP contribution in [-0.2, 0) is 20.0 Å². The predicted octanol–water partition coefficient (Wildman–Crippen LogP) is 3.75. The molecule has 0 radical (unpaired) electrons. The third kappa shape index (κ3) is 4.45. The average Bonchev–Trinajstić information content (AvgIpc) is 3.15. The van der Waals surface area contributed by atoms with E-state index >= 15 is 0 Å². The molecule has 1 heterocycles. The molecule has 0 spiro atoms. The van der Waals surface area contributed by atoms with Gasteiger partial charge in [0.25, 0.3) is 5.91 Å². The van der Waals surface area contributed by atoms with Crippen LogP contribution in [0, 0.1) is 17.6 Å². The van der Waals surface area contributed by atoms with Crippen LogP contribution in [0.3, 0.4) is 0 Å². The summed E-state index contributed by atoms with van der Waals surface area (Å²) in [6.45, 7) is 4.05. The maximum absolute atomic E-state index is 14.5. The maximum Gasteiger partial charge on any atom is 0.275 e. The summed E-state index contributed by atoms with van der Waals surface area (Å²) in [7, 11) is 1.44. The lowest BCUT2D eigenvalue weighted by Gasteiger charge is -2.37. The highest BCUT2D eigenvalue weighted by Gasteiger charge is 2.51. The first-order valence-electron chi connectivity index (χ1n) is 10.2. The second kappa shape index (κ2) is 9.53. The summed E-state index contributed by atoms with van der Waals surface area (Å²) in [5, 5.41) is 5.55. The van der Waals surface area contributed by atoms with Crippen molar-refractivity contribution in [3.05, 3.63) is 71.3 Å². The monoisotopic (exact) mass is 431 g/mol. The SMILES string of the molecule is CO[C@H](C(=O)N1N=C(c2cc(F)ccc2F)OC1(CCCN)c1ccccc1)C(C)C. The quantitative estimate of drug-likeness (QED) is 0.691. The molecule has 1 amide bonds. The number of halogens is 2. The molecule has 0 saturated heterocycles. The predicted molar refractivity (Wildman–Crippen MR) is 113 cm³/mol. The molecule has 6 nitrogen and oxygen atoms in total. The van der Waals surface area contributed by atoms with Gasteiger partial charge in [0.15, 0.2) is 0 Å². The van der Waals surface area contributed by atoms with Gasteiger partial charge in [-0.2, -0.15) is 5.01 Å². The summed E-state index contributed by atoms with van der Waals surface area (Å²) in [5.41, 5.74) is 4.87. The third-order valence-electron chi connectivity index (χ3n) is 5.21. The lowest BCUT2D eigenvalue weighted by molar-refractivity contribution is -0.165. The minimum absolute atomic E-state index is 0.148. The molecule has 0 aliphatic carbocycles. The molecule has 166 valence electrons.